The van der Waals surface area contributed by atoms with Gasteiger partial charge >= 0.3 is 0 Å². The van der Waals surface area contributed by atoms with Crippen LogP contribution in [0.5, 0.6) is 0 Å². The molecule has 0 bridgehead atoms. The molecule has 0 amide bonds. The Morgan fingerprint density at radius 1 is 1.06 bits per heavy atom. The van der Waals surface area contributed by atoms with Crippen LogP contribution in [0, 0.1) is 12.7 Å². The summed E-state index contributed by atoms with van der Waals surface area (Å²) in [5, 5.41) is 3.02. The molecule has 170 valence electrons. The number of pyridine rings is 2. The van der Waals surface area contributed by atoms with Gasteiger partial charge in [-0.3, -0.25) is 10.7 Å². The van der Waals surface area contributed by atoms with Gasteiger partial charge in [0.2, 0.25) is 0 Å². The van der Waals surface area contributed by atoms with Gasteiger partial charge in [-0.2, -0.15) is 0 Å². The number of nitrogens with zero attached hydrogens (tertiary/aromatic N) is 3. The Labute approximate surface area is 188 Å². The normalized spacial score (nSPS) is 18.0. The molecule has 0 aliphatic carbocycles. The third kappa shape index (κ3) is 5.18. The molecule has 3 aromatic rings. The van der Waals surface area contributed by atoms with Crippen LogP contribution < -0.4 is 16.8 Å². The second-order valence-corrected chi connectivity index (χ2v) is 7.44. The standard InChI is InChI=1S/C23H21F3N6O/c1-13-9-15(10-19(30-13)22(25)26)18-11-29-23(28,33-12-17-3-2-4-20(27)31-17)32-21(18)14-5-7-16(24)8-6-14/h2-11,22,32H,12,28H2,1H3,(H2,27,31). The molecule has 4 rings (SSSR count). The topological polar surface area (TPSA) is 111 Å². The number of nitrogens with two attached hydrogens (primary N) is 2. The van der Waals surface area contributed by atoms with Crippen LogP contribution >= 0.6 is 0 Å². The van der Waals surface area contributed by atoms with Crippen molar-refractivity contribution in [2.75, 3.05) is 5.73 Å². The number of aryl methyl sites for hydroxylation is 1. The molecule has 7 nitrogen and oxygen atoms in total. The summed E-state index contributed by atoms with van der Waals surface area (Å²) < 4.78 is 46.0. The monoisotopic (exact) mass is 454 g/mol. The summed E-state index contributed by atoms with van der Waals surface area (Å²) in [5.74, 6) is -1.78. The fourth-order valence-corrected chi connectivity index (χ4v) is 3.36. The summed E-state index contributed by atoms with van der Waals surface area (Å²) in [5.41, 5.74) is 14.5. The maximum atomic E-state index is 13.5. The molecular formula is C23H21F3N6O. The van der Waals surface area contributed by atoms with Gasteiger partial charge in [0.25, 0.3) is 12.4 Å². The highest BCUT2D eigenvalue weighted by atomic mass is 19.3. The predicted octanol–water partition coefficient (Wildman–Crippen LogP) is 3.77. The summed E-state index contributed by atoms with van der Waals surface area (Å²) in [4.78, 5) is 12.3. The fourth-order valence-electron chi connectivity index (χ4n) is 3.36. The van der Waals surface area contributed by atoms with E-state index in [0.29, 0.717) is 39.6 Å². The highest BCUT2D eigenvalue weighted by Crippen LogP contribution is 2.31. The number of hydrogen-bond acceptors (Lipinski definition) is 7. The van der Waals surface area contributed by atoms with Gasteiger partial charge in [-0.15, -0.1) is 0 Å². The summed E-state index contributed by atoms with van der Waals surface area (Å²) >= 11 is 0. The lowest BCUT2D eigenvalue weighted by Crippen LogP contribution is -2.54. The van der Waals surface area contributed by atoms with Crippen LogP contribution in [0.4, 0.5) is 19.0 Å². The van der Waals surface area contributed by atoms with E-state index in [1.165, 1.54) is 24.4 Å². The maximum Gasteiger partial charge on any atom is 0.298 e. The molecule has 1 unspecified atom stereocenters. The van der Waals surface area contributed by atoms with Crippen molar-refractivity contribution in [1.82, 2.24) is 15.3 Å². The van der Waals surface area contributed by atoms with E-state index >= 15 is 0 Å². The number of anilines is 1. The van der Waals surface area contributed by atoms with Gasteiger partial charge in [-0.25, -0.2) is 23.1 Å². The van der Waals surface area contributed by atoms with Crippen molar-refractivity contribution in [3.05, 3.63) is 88.6 Å². The highest BCUT2D eigenvalue weighted by Gasteiger charge is 2.31. The summed E-state index contributed by atoms with van der Waals surface area (Å²) in [6.07, 6.45) is -1.30. The van der Waals surface area contributed by atoms with Crippen LogP contribution in [0.3, 0.4) is 0 Å². The van der Waals surface area contributed by atoms with E-state index in [2.05, 4.69) is 20.3 Å². The van der Waals surface area contributed by atoms with Crippen molar-refractivity contribution in [2.24, 2.45) is 10.7 Å². The molecule has 0 radical (unpaired) electrons. The van der Waals surface area contributed by atoms with E-state index in [0.717, 1.165) is 0 Å². The number of allylic oxidation sites excluding steroid dienone is 1. The van der Waals surface area contributed by atoms with E-state index in [9.17, 15) is 13.2 Å². The summed E-state index contributed by atoms with van der Waals surface area (Å²) in [6, 6.07) is 13.7. The number of alkyl halides is 2. The number of ether oxygens (including phenoxy) is 1. The molecule has 0 spiro atoms. The minimum absolute atomic E-state index is 0.00179. The molecule has 33 heavy (non-hydrogen) atoms. The van der Waals surface area contributed by atoms with Gasteiger partial charge in [-0.1, -0.05) is 6.07 Å². The zero-order valence-corrected chi connectivity index (χ0v) is 17.6. The molecule has 1 aliphatic heterocycles. The molecule has 2 aromatic heterocycles. The van der Waals surface area contributed by atoms with Gasteiger partial charge in [0.15, 0.2) is 0 Å². The molecule has 3 heterocycles. The van der Waals surface area contributed by atoms with Crippen molar-refractivity contribution in [3.63, 3.8) is 0 Å². The van der Waals surface area contributed by atoms with Crippen LogP contribution in [0.15, 0.2) is 59.6 Å². The second kappa shape index (κ2) is 9.00. The van der Waals surface area contributed by atoms with Crippen LogP contribution in [0.2, 0.25) is 0 Å². The quantitative estimate of drug-likeness (QED) is 0.489. The van der Waals surface area contributed by atoms with E-state index in [1.54, 1.807) is 43.3 Å². The molecule has 1 atom stereocenters. The van der Waals surface area contributed by atoms with Crippen LogP contribution in [0.25, 0.3) is 11.3 Å². The molecule has 0 fully saturated rings. The zero-order valence-electron chi connectivity index (χ0n) is 17.6. The average Bonchev–Trinajstić information content (AvgIpc) is 2.78. The molecular weight excluding hydrogens is 433 g/mol. The molecule has 0 saturated heterocycles. The molecule has 10 heteroatoms. The Hall–Kier alpha value is -3.76. The van der Waals surface area contributed by atoms with E-state index in [4.69, 9.17) is 16.2 Å². The highest BCUT2D eigenvalue weighted by molar-refractivity contribution is 6.20. The van der Waals surface area contributed by atoms with Crippen LogP contribution in [-0.2, 0) is 11.3 Å². The van der Waals surface area contributed by atoms with Gasteiger partial charge in [0, 0.05) is 17.5 Å². The van der Waals surface area contributed by atoms with Gasteiger partial charge in [0.1, 0.15) is 17.3 Å². The van der Waals surface area contributed by atoms with E-state index < -0.39 is 18.2 Å². The van der Waals surface area contributed by atoms with Crippen molar-refractivity contribution in [1.29, 1.82) is 0 Å². The number of rotatable bonds is 6. The van der Waals surface area contributed by atoms with Crippen molar-refractivity contribution in [3.8, 4) is 0 Å². The number of nitrogens with one attached hydrogen (secondary N) is 1. The van der Waals surface area contributed by atoms with Crippen molar-refractivity contribution < 1.29 is 17.9 Å². The smallest absolute Gasteiger partial charge is 0.298 e. The fraction of sp³-hybridized carbons (Fsp3) is 0.174. The number of halogens is 3. The summed E-state index contributed by atoms with van der Waals surface area (Å²) in [7, 11) is 0. The predicted molar refractivity (Wildman–Crippen MR) is 119 cm³/mol. The van der Waals surface area contributed by atoms with E-state index in [1.807, 2.05) is 0 Å². The first-order valence-electron chi connectivity index (χ1n) is 9.97. The molecule has 0 saturated carbocycles. The van der Waals surface area contributed by atoms with Gasteiger partial charge in [-0.05, 0) is 66.6 Å². The number of nitrogen functional groups attached to an aromatic ring is 1. The third-order valence-corrected chi connectivity index (χ3v) is 4.87. The zero-order chi connectivity index (χ0) is 23.6. The third-order valence-electron chi connectivity index (χ3n) is 4.87. The van der Waals surface area contributed by atoms with Crippen molar-refractivity contribution >= 4 is 23.3 Å². The number of aromatic nitrogens is 2. The Kier molecular flexibility index (Phi) is 6.12. The first kappa shape index (κ1) is 22.4. The van der Waals surface area contributed by atoms with Crippen molar-refractivity contribution in [2.45, 2.75) is 25.9 Å². The maximum absolute atomic E-state index is 13.5. The second-order valence-electron chi connectivity index (χ2n) is 7.44. The van der Waals surface area contributed by atoms with Gasteiger partial charge < -0.3 is 15.8 Å². The Morgan fingerprint density at radius 3 is 2.52 bits per heavy atom. The van der Waals surface area contributed by atoms with Crippen LogP contribution in [0.1, 0.15) is 34.6 Å². The lowest BCUT2D eigenvalue weighted by molar-refractivity contribution is -0.0607. The lowest BCUT2D eigenvalue weighted by Gasteiger charge is -2.33. The Morgan fingerprint density at radius 2 is 1.82 bits per heavy atom. The molecule has 5 N–H and O–H groups in total. The lowest BCUT2D eigenvalue weighted by atomic mass is 9.98. The van der Waals surface area contributed by atoms with Gasteiger partial charge in [0.05, 0.1) is 18.0 Å². The first-order chi connectivity index (χ1) is 15.7. The SMILES string of the molecule is Cc1cc(C2=C(c3ccc(F)cc3)NC(N)(OCc3cccc(N)n3)N=C2)cc(C(F)F)n1. The number of benzene rings is 1. The average molecular weight is 454 g/mol. The van der Waals surface area contributed by atoms with Crippen LogP contribution in [-0.4, -0.2) is 22.2 Å². The Bertz CT molecular complexity index is 1230. The minimum Gasteiger partial charge on any atom is -0.384 e. The summed E-state index contributed by atoms with van der Waals surface area (Å²) in [6.45, 7) is 1.62. The largest absolute Gasteiger partial charge is 0.384 e. The van der Waals surface area contributed by atoms with E-state index in [-0.39, 0.29) is 12.3 Å². The minimum atomic E-state index is -2.74. The molecule has 1 aliphatic rings. The number of aliphatic imine (C=N–C) groups is 1. The first-order valence-corrected chi connectivity index (χ1v) is 9.97. The number of hydrogen-bond donors (Lipinski definition) is 3. The molecule has 1 aromatic carbocycles. The Balaban J connectivity index is 1.72.